The topological polar surface area (TPSA) is 63.6 Å². The Morgan fingerprint density at radius 2 is 1.91 bits per heavy atom. The van der Waals surface area contributed by atoms with Crippen LogP contribution in [0.3, 0.4) is 0 Å². The lowest BCUT2D eigenvalue weighted by Gasteiger charge is -2.06. The molecule has 0 aromatic heterocycles. The van der Waals surface area contributed by atoms with Crippen molar-refractivity contribution in [3.05, 3.63) is 77.1 Å². The molecule has 0 unspecified atom stereocenters. The zero-order valence-corrected chi connectivity index (χ0v) is 12.5. The maximum Gasteiger partial charge on any atom is 0.378 e. The van der Waals surface area contributed by atoms with E-state index in [0.29, 0.717) is 17.5 Å². The summed E-state index contributed by atoms with van der Waals surface area (Å²) in [4.78, 5) is 22.5. The van der Waals surface area contributed by atoms with Crippen LogP contribution in [0.15, 0.2) is 54.6 Å². The molecule has 0 aliphatic rings. The van der Waals surface area contributed by atoms with Crippen molar-refractivity contribution in [2.75, 3.05) is 7.11 Å². The molecule has 0 atom stereocenters. The summed E-state index contributed by atoms with van der Waals surface area (Å²) >= 11 is 0. The standard InChI is InChI=1S/C18H15FO4/c1-23-18(22)17(21)11-16(20)14-7-4-5-12(10-14)9-13-6-2-3-8-15(13)19/h2-8,10-11,20H,9H2,1H3. The molecular formula is C18H15FO4. The maximum absolute atomic E-state index is 13.7. The van der Waals surface area contributed by atoms with E-state index in [1.807, 2.05) is 0 Å². The van der Waals surface area contributed by atoms with Gasteiger partial charge < -0.3 is 9.84 Å². The number of ether oxygens (including phenoxy) is 1. The average molecular weight is 314 g/mol. The highest BCUT2D eigenvalue weighted by Gasteiger charge is 2.13. The molecule has 0 saturated carbocycles. The fraction of sp³-hybridized carbons (Fsp3) is 0.111. The van der Waals surface area contributed by atoms with Gasteiger partial charge in [-0.25, -0.2) is 9.18 Å². The third kappa shape index (κ3) is 4.26. The first-order valence-electron chi connectivity index (χ1n) is 6.87. The number of halogens is 1. The zero-order chi connectivity index (χ0) is 16.8. The lowest BCUT2D eigenvalue weighted by atomic mass is 10.0. The number of benzene rings is 2. The molecule has 4 nitrogen and oxygen atoms in total. The zero-order valence-electron chi connectivity index (χ0n) is 12.5. The van der Waals surface area contributed by atoms with Crippen molar-refractivity contribution in [1.29, 1.82) is 0 Å². The Hall–Kier alpha value is -2.95. The molecule has 0 spiro atoms. The lowest BCUT2D eigenvalue weighted by Crippen LogP contribution is -2.13. The molecule has 2 rings (SSSR count). The van der Waals surface area contributed by atoms with E-state index in [1.165, 1.54) is 6.07 Å². The van der Waals surface area contributed by atoms with Gasteiger partial charge in [0.25, 0.3) is 5.78 Å². The monoisotopic (exact) mass is 314 g/mol. The second-order valence-electron chi connectivity index (χ2n) is 4.85. The van der Waals surface area contributed by atoms with Gasteiger partial charge in [0.2, 0.25) is 0 Å². The third-order valence-corrected chi connectivity index (χ3v) is 3.23. The van der Waals surface area contributed by atoms with E-state index in [4.69, 9.17) is 0 Å². The molecular weight excluding hydrogens is 299 g/mol. The van der Waals surface area contributed by atoms with Crippen molar-refractivity contribution in [2.24, 2.45) is 0 Å². The van der Waals surface area contributed by atoms with Crippen LogP contribution >= 0.6 is 0 Å². The Morgan fingerprint density at radius 3 is 2.61 bits per heavy atom. The minimum atomic E-state index is -1.06. The number of carbonyl (C=O) groups is 2. The Bertz CT molecular complexity index is 765. The Morgan fingerprint density at radius 1 is 1.17 bits per heavy atom. The van der Waals surface area contributed by atoms with Crippen LogP contribution in [-0.4, -0.2) is 24.0 Å². The molecule has 0 saturated heterocycles. The molecule has 0 aliphatic carbocycles. The number of methoxy groups -OCH3 is 1. The number of aliphatic hydroxyl groups is 1. The predicted octanol–water partition coefficient (Wildman–Crippen LogP) is 3.06. The van der Waals surface area contributed by atoms with Crippen molar-refractivity contribution in [1.82, 2.24) is 0 Å². The van der Waals surface area contributed by atoms with E-state index in [-0.39, 0.29) is 11.6 Å². The highest BCUT2D eigenvalue weighted by Crippen LogP contribution is 2.18. The van der Waals surface area contributed by atoms with Crippen LogP contribution in [-0.2, 0) is 20.7 Å². The predicted molar refractivity (Wildman–Crippen MR) is 83.3 cm³/mol. The minimum absolute atomic E-state index is 0.307. The molecule has 0 radical (unpaired) electrons. The molecule has 2 aromatic rings. The van der Waals surface area contributed by atoms with Crippen molar-refractivity contribution < 1.29 is 23.8 Å². The average Bonchev–Trinajstić information content (AvgIpc) is 2.56. The maximum atomic E-state index is 13.7. The third-order valence-electron chi connectivity index (χ3n) is 3.23. The minimum Gasteiger partial charge on any atom is -0.507 e. The first-order chi connectivity index (χ1) is 11.0. The van der Waals surface area contributed by atoms with Crippen molar-refractivity contribution >= 4 is 17.5 Å². The smallest absolute Gasteiger partial charge is 0.378 e. The van der Waals surface area contributed by atoms with Crippen LogP contribution in [0.1, 0.15) is 16.7 Å². The van der Waals surface area contributed by atoms with E-state index < -0.39 is 11.8 Å². The number of ketones is 1. The number of hydrogen-bond acceptors (Lipinski definition) is 4. The van der Waals surface area contributed by atoms with Gasteiger partial charge in [-0.15, -0.1) is 0 Å². The molecule has 0 fully saturated rings. The molecule has 1 N–H and O–H groups in total. The van der Waals surface area contributed by atoms with E-state index in [2.05, 4.69) is 4.74 Å². The first kappa shape index (κ1) is 16.4. The summed E-state index contributed by atoms with van der Waals surface area (Å²) in [5.41, 5.74) is 1.65. The van der Waals surface area contributed by atoms with Gasteiger partial charge in [-0.1, -0.05) is 36.4 Å². The van der Waals surface area contributed by atoms with E-state index in [1.54, 1.807) is 42.5 Å². The summed E-state index contributed by atoms with van der Waals surface area (Å²) in [6.45, 7) is 0. The number of aliphatic hydroxyl groups excluding tert-OH is 1. The summed E-state index contributed by atoms with van der Waals surface area (Å²) in [5, 5.41) is 9.94. The highest BCUT2D eigenvalue weighted by atomic mass is 19.1. The van der Waals surface area contributed by atoms with Gasteiger partial charge in [0.1, 0.15) is 11.6 Å². The quantitative estimate of drug-likeness (QED) is 0.399. The number of rotatable bonds is 5. The molecule has 118 valence electrons. The molecule has 0 amide bonds. The molecule has 5 heteroatoms. The Labute approximate surface area is 132 Å². The molecule has 23 heavy (non-hydrogen) atoms. The van der Waals surface area contributed by atoms with Crippen LogP contribution < -0.4 is 0 Å². The van der Waals surface area contributed by atoms with E-state index in [0.717, 1.165) is 18.7 Å². The fourth-order valence-corrected chi connectivity index (χ4v) is 2.07. The van der Waals surface area contributed by atoms with Crippen LogP contribution in [0.25, 0.3) is 5.76 Å². The number of carbonyl (C=O) groups excluding carboxylic acids is 2. The van der Waals surface area contributed by atoms with E-state index in [9.17, 15) is 19.1 Å². The largest absolute Gasteiger partial charge is 0.507 e. The summed E-state index contributed by atoms with van der Waals surface area (Å²) in [7, 11) is 1.08. The van der Waals surface area contributed by atoms with Crippen LogP contribution in [0.2, 0.25) is 0 Å². The molecule has 0 bridgehead atoms. The first-order valence-corrected chi connectivity index (χ1v) is 6.87. The van der Waals surface area contributed by atoms with Crippen LogP contribution in [0.4, 0.5) is 4.39 Å². The molecule has 2 aromatic carbocycles. The summed E-state index contributed by atoms with van der Waals surface area (Å²) in [6.07, 6.45) is 1.15. The van der Waals surface area contributed by atoms with Gasteiger partial charge in [-0.2, -0.15) is 0 Å². The highest BCUT2D eigenvalue weighted by molar-refractivity contribution is 6.39. The number of esters is 1. The van der Waals surface area contributed by atoms with Gasteiger partial charge in [-0.3, -0.25) is 4.79 Å². The van der Waals surface area contributed by atoms with Gasteiger partial charge in [-0.05, 0) is 23.3 Å². The fourth-order valence-electron chi connectivity index (χ4n) is 2.07. The SMILES string of the molecule is COC(=O)C(=O)C=C(O)c1cccc(Cc2ccccc2F)c1. The summed E-state index contributed by atoms with van der Waals surface area (Å²) < 4.78 is 18.0. The second kappa shape index (κ2) is 7.35. The Kier molecular flexibility index (Phi) is 5.25. The van der Waals surface area contributed by atoms with Gasteiger partial charge in [0.15, 0.2) is 0 Å². The number of hydrogen-bond donors (Lipinski definition) is 1. The summed E-state index contributed by atoms with van der Waals surface area (Å²) in [5.74, 6) is -2.67. The lowest BCUT2D eigenvalue weighted by molar-refractivity contribution is -0.149. The van der Waals surface area contributed by atoms with Gasteiger partial charge in [0.05, 0.1) is 7.11 Å². The summed E-state index contributed by atoms with van der Waals surface area (Å²) in [6, 6.07) is 13.1. The van der Waals surface area contributed by atoms with Gasteiger partial charge in [0, 0.05) is 18.1 Å². The van der Waals surface area contributed by atoms with Crippen molar-refractivity contribution in [2.45, 2.75) is 6.42 Å². The molecule has 0 aliphatic heterocycles. The van der Waals surface area contributed by atoms with Crippen molar-refractivity contribution in [3.63, 3.8) is 0 Å². The van der Waals surface area contributed by atoms with Gasteiger partial charge >= 0.3 is 5.97 Å². The van der Waals surface area contributed by atoms with Crippen LogP contribution in [0.5, 0.6) is 0 Å². The normalized spacial score (nSPS) is 11.1. The molecule has 0 heterocycles. The van der Waals surface area contributed by atoms with Crippen LogP contribution in [0, 0.1) is 5.82 Å². The van der Waals surface area contributed by atoms with E-state index >= 15 is 0 Å². The second-order valence-corrected chi connectivity index (χ2v) is 4.85. The Balaban J connectivity index is 2.23. The van der Waals surface area contributed by atoms with Crippen molar-refractivity contribution in [3.8, 4) is 0 Å².